The summed E-state index contributed by atoms with van der Waals surface area (Å²) < 4.78 is 11.7. The van der Waals surface area contributed by atoms with Gasteiger partial charge in [-0.15, -0.1) is 0 Å². The minimum Gasteiger partial charge on any atom is -0.507 e. The molecule has 18 heavy (non-hydrogen) atoms. The maximum atomic E-state index is 10.0. The molecule has 0 amide bonds. The molecule has 0 saturated carbocycles. The van der Waals surface area contributed by atoms with Crippen LogP contribution in [0.4, 0.5) is 0 Å². The van der Waals surface area contributed by atoms with E-state index >= 15 is 0 Å². The Bertz CT molecular complexity index is 503. The van der Waals surface area contributed by atoms with Gasteiger partial charge in [0.1, 0.15) is 11.8 Å². The molecule has 0 spiro atoms. The molecule has 0 aromatic heterocycles. The zero-order chi connectivity index (χ0) is 13.6. The molecule has 0 unspecified atom stereocenters. The van der Waals surface area contributed by atoms with Crippen LogP contribution in [0, 0.1) is 11.3 Å². The van der Waals surface area contributed by atoms with E-state index in [-0.39, 0.29) is 11.3 Å². The molecular formula is C13H16BNO3. The van der Waals surface area contributed by atoms with Crippen LogP contribution in [-0.2, 0) is 9.31 Å². The summed E-state index contributed by atoms with van der Waals surface area (Å²) in [6, 6.07) is 6.91. The molecule has 1 heterocycles. The number of para-hydroxylation sites is 1. The molecule has 1 aliphatic heterocycles. The number of phenolic OH excluding ortho intramolecular Hbond substituents is 1. The van der Waals surface area contributed by atoms with Gasteiger partial charge < -0.3 is 14.4 Å². The van der Waals surface area contributed by atoms with Crippen molar-refractivity contribution in [3.8, 4) is 11.8 Å². The van der Waals surface area contributed by atoms with Crippen LogP contribution >= 0.6 is 0 Å². The molecule has 1 aromatic rings. The summed E-state index contributed by atoms with van der Waals surface area (Å²) in [4.78, 5) is 0. The number of aromatic hydroxyl groups is 1. The lowest BCUT2D eigenvalue weighted by Crippen LogP contribution is -2.41. The van der Waals surface area contributed by atoms with E-state index in [0.717, 1.165) is 0 Å². The van der Waals surface area contributed by atoms with Crippen molar-refractivity contribution >= 4 is 12.6 Å². The fraction of sp³-hybridized carbons (Fsp3) is 0.462. The Hall–Kier alpha value is -1.51. The standard InChI is InChI=1S/C13H16BNO3/c1-12(2)13(3,4)18-14(17-12)10-7-5-6-9(8-15)11(10)16/h5-7,16H,1-4H3. The summed E-state index contributed by atoms with van der Waals surface area (Å²) in [5.41, 5.74) is -0.214. The molecule has 94 valence electrons. The van der Waals surface area contributed by atoms with E-state index in [1.165, 1.54) is 0 Å². The maximum Gasteiger partial charge on any atom is 0.498 e. The Morgan fingerprint density at radius 1 is 1.17 bits per heavy atom. The first-order valence-corrected chi connectivity index (χ1v) is 5.86. The van der Waals surface area contributed by atoms with E-state index < -0.39 is 18.3 Å². The average molecular weight is 245 g/mol. The Morgan fingerprint density at radius 3 is 2.22 bits per heavy atom. The lowest BCUT2D eigenvalue weighted by atomic mass is 9.77. The lowest BCUT2D eigenvalue weighted by molar-refractivity contribution is 0.00578. The molecule has 1 aliphatic rings. The number of rotatable bonds is 1. The largest absolute Gasteiger partial charge is 0.507 e. The number of nitriles is 1. The molecule has 1 saturated heterocycles. The zero-order valence-electron chi connectivity index (χ0n) is 11.0. The first-order valence-electron chi connectivity index (χ1n) is 5.86. The monoisotopic (exact) mass is 245 g/mol. The molecule has 2 rings (SSSR count). The van der Waals surface area contributed by atoms with Crippen molar-refractivity contribution in [3.05, 3.63) is 23.8 Å². The van der Waals surface area contributed by atoms with E-state index in [0.29, 0.717) is 5.46 Å². The molecule has 0 aliphatic carbocycles. The third-order valence-electron chi connectivity index (χ3n) is 3.69. The highest BCUT2D eigenvalue weighted by molar-refractivity contribution is 6.63. The first-order chi connectivity index (χ1) is 8.28. The second-order valence-electron chi connectivity index (χ2n) is 5.44. The van der Waals surface area contributed by atoms with Crippen LogP contribution in [0.15, 0.2) is 18.2 Å². The van der Waals surface area contributed by atoms with E-state index in [2.05, 4.69) is 0 Å². The van der Waals surface area contributed by atoms with Gasteiger partial charge >= 0.3 is 7.12 Å². The van der Waals surface area contributed by atoms with Crippen molar-refractivity contribution in [1.82, 2.24) is 0 Å². The molecule has 0 atom stereocenters. The van der Waals surface area contributed by atoms with Crippen molar-refractivity contribution in [1.29, 1.82) is 5.26 Å². The van der Waals surface area contributed by atoms with Gasteiger partial charge in [-0.25, -0.2) is 0 Å². The number of benzene rings is 1. The highest BCUT2D eigenvalue weighted by Crippen LogP contribution is 2.37. The quantitative estimate of drug-likeness (QED) is 0.762. The Balaban J connectivity index is 2.39. The van der Waals surface area contributed by atoms with Crippen LogP contribution in [-0.4, -0.2) is 23.4 Å². The average Bonchev–Trinajstić information content (AvgIpc) is 2.48. The fourth-order valence-corrected chi connectivity index (χ4v) is 1.81. The van der Waals surface area contributed by atoms with Crippen LogP contribution in [0.25, 0.3) is 0 Å². The normalized spacial score (nSPS) is 20.7. The molecule has 1 aromatic carbocycles. The number of phenols is 1. The van der Waals surface area contributed by atoms with Gasteiger partial charge in [0, 0.05) is 5.46 Å². The predicted molar refractivity (Wildman–Crippen MR) is 68.5 cm³/mol. The summed E-state index contributed by atoms with van der Waals surface area (Å²) >= 11 is 0. The van der Waals surface area contributed by atoms with Crippen LogP contribution in [0.1, 0.15) is 33.3 Å². The van der Waals surface area contributed by atoms with Gasteiger partial charge in [-0.05, 0) is 33.8 Å². The van der Waals surface area contributed by atoms with E-state index in [1.807, 2.05) is 33.8 Å². The number of hydrogen-bond acceptors (Lipinski definition) is 4. The highest BCUT2D eigenvalue weighted by Gasteiger charge is 2.52. The molecule has 1 fully saturated rings. The summed E-state index contributed by atoms with van der Waals surface area (Å²) in [5.74, 6) is -0.0708. The second kappa shape index (κ2) is 4.01. The van der Waals surface area contributed by atoms with Gasteiger partial charge in [0.05, 0.1) is 16.8 Å². The Morgan fingerprint density at radius 2 is 1.72 bits per heavy atom. The van der Waals surface area contributed by atoms with Gasteiger partial charge in [0.15, 0.2) is 0 Å². The van der Waals surface area contributed by atoms with Crippen LogP contribution in [0.2, 0.25) is 0 Å². The van der Waals surface area contributed by atoms with Crippen molar-refractivity contribution in [2.24, 2.45) is 0 Å². The Labute approximate surface area is 107 Å². The van der Waals surface area contributed by atoms with Gasteiger partial charge in [0.25, 0.3) is 0 Å². The molecular weight excluding hydrogens is 229 g/mol. The van der Waals surface area contributed by atoms with Crippen molar-refractivity contribution in [2.75, 3.05) is 0 Å². The third kappa shape index (κ3) is 1.88. The van der Waals surface area contributed by atoms with Crippen molar-refractivity contribution < 1.29 is 14.4 Å². The highest BCUT2D eigenvalue weighted by atomic mass is 16.7. The molecule has 0 bridgehead atoms. The topological polar surface area (TPSA) is 62.5 Å². The van der Waals surface area contributed by atoms with Crippen LogP contribution < -0.4 is 5.46 Å². The van der Waals surface area contributed by atoms with E-state index in [1.54, 1.807) is 18.2 Å². The number of hydrogen-bond donors (Lipinski definition) is 1. The van der Waals surface area contributed by atoms with Gasteiger partial charge in [-0.3, -0.25) is 0 Å². The lowest BCUT2D eigenvalue weighted by Gasteiger charge is -2.32. The summed E-state index contributed by atoms with van der Waals surface area (Å²) in [6.45, 7) is 7.77. The van der Waals surface area contributed by atoms with Gasteiger partial charge in [-0.2, -0.15) is 5.26 Å². The first kappa shape index (κ1) is 12.9. The van der Waals surface area contributed by atoms with E-state index in [4.69, 9.17) is 14.6 Å². The fourth-order valence-electron chi connectivity index (χ4n) is 1.81. The third-order valence-corrected chi connectivity index (χ3v) is 3.69. The molecule has 5 heteroatoms. The Kier molecular flexibility index (Phi) is 2.88. The zero-order valence-corrected chi connectivity index (χ0v) is 11.0. The van der Waals surface area contributed by atoms with Gasteiger partial charge in [0.2, 0.25) is 0 Å². The molecule has 0 radical (unpaired) electrons. The summed E-state index contributed by atoms with van der Waals surface area (Å²) in [6.07, 6.45) is 0. The minimum atomic E-state index is -0.650. The smallest absolute Gasteiger partial charge is 0.498 e. The number of nitrogens with zero attached hydrogens (tertiary/aromatic N) is 1. The summed E-state index contributed by atoms with van der Waals surface area (Å²) in [7, 11) is -0.650. The van der Waals surface area contributed by atoms with Crippen LogP contribution in [0.3, 0.4) is 0 Å². The van der Waals surface area contributed by atoms with Gasteiger partial charge in [-0.1, -0.05) is 12.1 Å². The van der Waals surface area contributed by atoms with E-state index in [9.17, 15) is 5.11 Å². The maximum absolute atomic E-state index is 10.0. The molecule has 1 N–H and O–H groups in total. The van der Waals surface area contributed by atoms with Crippen LogP contribution in [0.5, 0.6) is 5.75 Å². The minimum absolute atomic E-state index is 0.0708. The van der Waals surface area contributed by atoms with Crippen molar-refractivity contribution in [2.45, 2.75) is 38.9 Å². The second-order valence-corrected chi connectivity index (χ2v) is 5.44. The van der Waals surface area contributed by atoms with Crippen molar-refractivity contribution in [3.63, 3.8) is 0 Å². The molecule has 4 nitrogen and oxygen atoms in total. The SMILES string of the molecule is CC1(C)OB(c2cccc(C#N)c2O)OC1(C)C. The summed E-state index contributed by atoms with van der Waals surface area (Å²) in [5, 5.41) is 18.9. The predicted octanol–water partition coefficient (Wildman–Crippen LogP) is 1.56.